The SMILES string of the molecule is CN1[C@@H](c2ccccc2)C[C@@H](c2ccncc2)C1(C)C. The second-order valence-corrected chi connectivity index (χ2v) is 6.26. The van der Waals surface area contributed by atoms with E-state index in [1.807, 2.05) is 12.4 Å². The number of nitrogens with zero attached hydrogens (tertiary/aromatic N) is 2. The first-order valence-corrected chi connectivity index (χ1v) is 7.28. The van der Waals surface area contributed by atoms with Gasteiger partial charge in [-0.1, -0.05) is 30.3 Å². The number of hydrogen-bond acceptors (Lipinski definition) is 2. The topological polar surface area (TPSA) is 16.1 Å². The van der Waals surface area contributed by atoms with Gasteiger partial charge in [-0.2, -0.15) is 0 Å². The first-order chi connectivity index (χ1) is 9.60. The van der Waals surface area contributed by atoms with Gasteiger partial charge in [0, 0.05) is 29.9 Å². The van der Waals surface area contributed by atoms with Gasteiger partial charge in [0.15, 0.2) is 0 Å². The summed E-state index contributed by atoms with van der Waals surface area (Å²) in [5.41, 5.74) is 2.97. The summed E-state index contributed by atoms with van der Waals surface area (Å²) in [4.78, 5) is 6.67. The zero-order valence-corrected chi connectivity index (χ0v) is 12.5. The molecule has 1 aliphatic rings. The predicted octanol–water partition coefficient (Wildman–Crippen LogP) is 4.02. The molecule has 1 aliphatic heterocycles. The van der Waals surface area contributed by atoms with Crippen LogP contribution in [0.1, 0.15) is 43.4 Å². The fourth-order valence-corrected chi connectivity index (χ4v) is 3.49. The Morgan fingerprint density at radius 2 is 1.65 bits per heavy atom. The molecule has 0 saturated carbocycles. The van der Waals surface area contributed by atoms with Crippen LogP contribution in [0.3, 0.4) is 0 Å². The smallest absolute Gasteiger partial charge is 0.0357 e. The summed E-state index contributed by atoms with van der Waals surface area (Å²) in [6.07, 6.45) is 4.97. The van der Waals surface area contributed by atoms with Gasteiger partial charge in [0.25, 0.3) is 0 Å². The van der Waals surface area contributed by atoms with Crippen LogP contribution in [0.25, 0.3) is 0 Å². The quantitative estimate of drug-likeness (QED) is 0.816. The van der Waals surface area contributed by atoms with Crippen LogP contribution in [0, 0.1) is 0 Å². The number of pyridine rings is 1. The summed E-state index contributed by atoms with van der Waals surface area (Å²) in [7, 11) is 2.25. The summed E-state index contributed by atoms with van der Waals surface area (Å²) in [5.74, 6) is 0.542. The molecule has 1 saturated heterocycles. The van der Waals surface area contributed by atoms with Gasteiger partial charge in [-0.25, -0.2) is 0 Å². The van der Waals surface area contributed by atoms with Crippen molar-refractivity contribution in [2.45, 2.75) is 37.8 Å². The summed E-state index contributed by atoms with van der Waals surface area (Å²) >= 11 is 0. The summed E-state index contributed by atoms with van der Waals surface area (Å²) in [5, 5.41) is 0. The minimum absolute atomic E-state index is 0.155. The van der Waals surface area contributed by atoms with Crippen LogP contribution < -0.4 is 0 Å². The fraction of sp³-hybridized carbons (Fsp3) is 0.389. The van der Waals surface area contributed by atoms with E-state index in [0.717, 1.165) is 6.42 Å². The summed E-state index contributed by atoms with van der Waals surface area (Å²) < 4.78 is 0. The number of likely N-dealkylation sites (tertiary alicyclic amines) is 1. The van der Waals surface area contributed by atoms with Gasteiger partial charge < -0.3 is 0 Å². The lowest BCUT2D eigenvalue weighted by Gasteiger charge is -2.35. The van der Waals surface area contributed by atoms with Crippen molar-refractivity contribution in [1.82, 2.24) is 9.88 Å². The Kier molecular flexibility index (Phi) is 3.35. The molecule has 1 aromatic carbocycles. The Morgan fingerprint density at radius 1 is 1.00 bits per heavy atom. The number of aromatic nitrogens is 1. The maximum atomic E-state index is 4.15. The lowest BCUT2D eigenvalue weighted by molar-refractivity contribution is 0.159. The molecule has 0 bridgehead atoms. The molecule has 0 spiro atoms. The second kappa shape index (κ2) is 5.02. The molecular weight excluding hydrogens is 244 g/mol. The van der Waals surface area contributed by atoms with E-state index in [4.69, 9.17) is 0 Å². The monoisotopic (exact) mass is 266 g/mol. The average molecular weight is 266 g/mol. The standard InChI is InChI=1S/C18H22N2/c1-18(2)16(14-9-11-19-12-10-14)13-17(20(18)3)15-7-5-4-6-8-15/h4-12,16-17H,13H2,1-3H3/t16-,17+/m0/s1. The third kappa shape index (κ3) is 2.14. The Labute approximate surface area is 121 Å². The van der Waals surface area contributed by atoms with E-state index in [1.165, 1.54) is 11.1 Å². The maximum absolute atomic E-state index is 4.15. The molecule has 0 amide bonds. The maximum Gasteiger partial charge on any atom is 0.0357 e. The highest BCUT2D eigenvalue weighted by atomic mass is 15.2. The lowest BCUT2D eigenvalue weighted by Crippen LogP contribution is -2.39. The summed E-state index contributed by atoms with van der Waals surface area (Å²) in [6, 6.07) is 15.7. The first-order valence-electron chi connectivity index (χ1n) is 7.28. The molecule has 3 rings (SSSR count). The number of hydrogen-bond donors (Lipinski definition) is 0. The zero-order chi connectivity index (χ0) is 14.2. The van der Waals surface area contributed by atoms with Gasteiger partial charge in [0.1, 0.15) is 0 Å². The van der Waals surface area contributed by atoms with Crippen molar-refractivity contribution in [3.05, 3.63) is 66.0 Å². The predicted molar refractivity (Wildman–Crippen MR) is 82.6 cm³/mol. The van der Waals surface area contributed by atoms with Crippen LogP contribution in [0.5, 0.6) is 0 Å². The van der Waals surface area contributed by atoms with Crippen molar-refractivity contribution in [3.8, 4) is 0 Å². The highest BCUT2D eigenvalue weighted by Crippen LogP contribution is 2.49. The number of benzene rings is 1. The van der Waals surface area contributed by atoms with Crippen molar-refractivity contribution >= 4 is 0 Å². The van der Waals surface area contributed by atoms with Gasteiger partial charge in [0.2, 0.25) is 0 Å². The largest absolute Gasteiger partial charge is 0.294 e. The molecule has 104 valence electrons. The molecular formula is C18H22N2. The van der Waals surface area contributed by atoms with Gasteiger partial charge >= 0.3 is 0 Å². The van der Waals surface area contributed by atoms with Crippen LogP contribution in [0.2, 0.25) is 0 Å². The highest BCUT2D eigenvalue weighted by molar-refractivity contribution is 5.29. The normalized spacial score (nSPS) is 25.8. The molecule has 2 heteroatoms. The van der Waals surface area contributed by atoms with Crippen molar-refractivity contribution in [2.75, 3.05) is 7.05 Å². The van der Waals surface area contributed by atoms with E-state index >= 15 is 0 Å². The summed E-state index contributed by atoms with van der Waals surface area (Å²) in [6.45, 7) is 4.70. The Hall–Kier alpha value is -1.67. The van der Waals surface area contributed by atoms with Gasteiger partial charge in [0.05, 0.1) is 0 Å². The highest BCUT2D eigenvalue weighted by Gasteiger charge is 2.45. The second-order valence-electron chi connectivity index (χ2n) is 6.26. The molecule has 20 heavy (non-hydrogen) atoms. The molecule has 2 nitrogen and oxygen atoms in total. The Bertz CT molecular complexity index is 562. The van der Waals surface area contributed by atoms with E-state index in [1.54, 1.807) is 0 Å². The third-order valence-electron chi connectivity index (χ3n) is 4.98. The molecule has 2 aromatic rings. The van der Waals surface area contributed by atoms with E-state index in [9.17, 15) is 0 Å². The van der Waals surface area contributed by atoms with Crippen LogP contribution in [0.15, 0.2) is 54.9 Å². The Balaban J connectivity index is 1.95. The van der Waals surface area contributed by atoms with Crippen molar-refractivity contribution in [1.29, 1.82) is 0 Å². The molecule has 0 N–H and O–H groups in total. The molecule has 0 unspecified atom stereocenters. The Morgan fingerprint density at radius 3 is 2.30 bits per heavy atom. The number of rotatable bonds is 2. The van der Waals surface area contributed by atoms with Crippen LogP contribution >= 0.6 is 0 Å². The third-order valence-corrected chi connectivity index (χ3v) is 4.98. The van der Waals surface area contributed by atoms with Gasteiger partial charge in [-0.05, 0) is 50.6 Å². The minimum Gasteiger partial charge on any atom is -0.294 e. The minimum atomic E-state index is 0.155. The van der Waals surface area contributed by atoms with E-state index in [0.29, 0.717) is 12.0 Å². The van der Waals surface area contributed by atoms with E-state index in [2.05, 4.69) is 73.2 Å². The lowest BCUT2D eigenvalue weighted by atomic mass is 9.82. The molecule has 1 aromatic heterocycles. The van der Waals surface area contributed by atoms with Crippen LogP contribution in [0.4, 0.5) is 0 Å². The first kappa shape index (κ1) is 13.3. The van der Waals surface area contributed by atoms with Crippen LogP contribution in [-0.4, -0.2) is 22.5 Å². The number of likely N-dealkylation sites (N-methyl/N-ethyl adjacent to an activating group) is 1. The van der Waals surface area contributed by atoms with Crippen LogP contribution in [-0.2, 0) is 0 Å². The molecule has 0 aliphatic carbocycles. The zero-order valence-electron chi connectivity index (χ0n) is 12.5. The van der Waals surface area contributed by atoms with Gasteiger partial charge in [-0.3, -0.25) is 9.88 Å². The fourth-order valence-electron chi connectivity index (χ4n) is 3.49. The van der Waals surface area contributed by atoms with Crippen molar-refractivity contribution in [2.24, 2.45) is 0 Å². The molecule has 2 atom stereocenters. The van der Waals surface area contributed by atoms with Gasteiger partial charge in [-0.15, -0.1) is 0 Å². The van der Waals surface area contributed by atoms with E-state index in [-0.39, 0.29) is 5.54 Å². The molecule has 1 fully saturated rings. The molecule has 0 radical (unpaired) electrons. The van der Waals surface area contributed by atoms with Crippen molar-refractivity contribution in [3.63, 3.8) is 0 Å². The van der Waals surface area contributed by atoms with E-state index < -0.39 is 0 Å². The van der Waals surface area contributed by atoms with Crippen molar-refractivity contribution < 1.29 is 0 Å². The average Bonchev–Trinajstić information content (AvgIpc) is 2.72. The molecule has 2 heterocycles.